The van der Waals surface area contributed by atoms with Crippen LogP contribution in [-0.4, -0.2) is 20.2 Å². The van der Waals surface area contributed by atoms with E-state index in [1.54, 1.807) is 6.07 Å². The molecule has 1 fully saturated rings. The summed E-state index contributed by atoms with van der Waals surface area (Å²) in [6.45, 7) is 2.26. The first-order valence-corrected chi connectivity index (χ1v) is 6.87. The maximum Gasteiger partial charge on any atom is 0.183 e. The van der Waals surface area contributed by atoms with Gasteiger partial charge >= 0.3 is 0 Å². The van der Waals surface area contributed by atoms with Gasteiger partial charge in [0, 0.05) is 5.56 Å². The highest BCUT2D eigenvalue weighted by molar-refractivity contribution is 6.35. The number of benzene rings is 1. The van der Waals surface area contributed by atoms with Gasteiger partial charge in [-0.25, -0.2) is 4.68 Å². The largest absolute Gasteiger partial charge is 0.398 e. The number of nitrogens with zero attached hydrogens (tertiary/aromatic N) is 4. The number of halogens is 1. The van der Waals surface area contributed by atoms with Gasteiger partial charge in [0.1, 0.15) is 0 Å². The fraction of sp³-hybridized carbons (Fsp3) is 0.462. The third-order valence-corrected chi connectivity index (χ3v) is 4.20. The maximum atomic E-state index is 6.26. The van der Waals surface area contributed by atoms with Crippen molar-refractivity contribution in [3.05, 3.63) is 23.2 Å². The average molecular weight is 278 g/mol. The molecule has 0 saturated heterocycles. The molecule has 19 heavy (non-hydrogen) atoms. The number of rotatable bonds is 2. The van der Waals surface area contributed by atoms with Gasteiger partial charge in [0.15, 0.2) is 5.82 Å². The molecule has 1 aliphatic rings. The predicted octanol–water partition coefficient (Wildman–Crippen LogP) is 2.94. The normalized spacial score (nSPS) is 22.8. The zero-order chi connectivity index (χ0) is 13.4. The highest BCUT2D eigenvalue weighted by atomic mass is 35.5. The molecule has 5 nitrogen and oxygen atoms in total. The summed E-state index contributed by atoms with van der Waals surface area (Å²) < 4.78 is 1.89. The molecule has 1 heterocycles. The Labute approximate surface area is 116 Å². The van der Waals surface area contributed by atoms with Crippen LogP contribution in [0.3, 0.4) is 0 Å². The molecule has 2 aromatic rings. The summed E-state index contributed by atoms with van der Waals surface area (Å²) in [5, 5.41) is 12.6. The van der Waals surface area contributed by atoms with Crippen LogP contribution in [0.5, 0.6) is 0 Å². The zero-order valence-corrected chi connectivity index (χ0v) is 11.5. The Morgan fingerprint density at radius 1 is 1.37 bits per heavy atom. The van der Waals surface area contributed by atoms with Gasteiger partial charge in [0.2, 0.25) is 0 Å². The van der Waals surface area contributed by atoms with Crippen molar-refractivity contribution in [2.45, 2.75) is 32.2 Å². The van der Waals surface area contributed by atoms with Crippen molar-refractivity contribution in [2.24, 2.45) is 5.92 Å². The molecule has 0 spiro atoms. The Hall–Kier alpha value is -1.62. The Balaban J connectivity index is 2.02. The van der Waals surface area contributed by atoms with Crippen molar-refractivity contribution in [1.82, 2.24) is 20.2 Å². The lowest BCUT2D eigenvalue weighted by atomic mass is 10.1. The molecule has 1 saturated carbocycles. The second-order valence-electron chi connectivity index (χ2n) is 5.23. The van der Waals surface area contributed by atoms with Gasteiger partial charge in [-0.3, -0.25) is 0 Å². The van der Waals surface area contributed by atoms with Gasteiger partial charge in [0.25, 0.3) is 0 Å². The van der Waals surface area contributed by atoms with E-state index in [1.807, 2.05) is 16.8 Å². The van der Waals surface area contributed by atoms with Crippen LogP contribution in [0.2, 0.25) is 5.02 Å². The second-order valence-corrected chi connectivity index (χ2v) is 5.61. The summed E-state index contributed by atoms with van der Waals surface area (Å²) in [7, 11) is 0. The topological polar surface area (TPSA) is 69.6 Å². The first kappa shape index (κ1) is 12.4. The summed E-state index contributed by atoms with van der Waals surface area (Å²) in [6.07, 6.45) is 3.44. The molecule has 0 aliphatic heterocycles. The number of anilines is 1. The number of tetrazole rings is 1. The lowest BCUT2D eigenvalue weighted by Crippen LogP contribution is -2.09. The maximum absolute atomic E-state index is 6.26. The molecule has 1 aromatic carbocycles. The lowest BCUT2D eigenvalue weighted by Gasteiger charge is -2.13. The van der Waals surface area contributed by atoms with Crippen LogP contribution in [-0.2, 0) is 0 Å². The summed E-state index contributed by atoms with van der Waals surface area (Å²) in [4.78, 5) is 0. The lowest BCUT2D eigenvalue weighted by molar-refractivity contribution is 0.443. The Bertz CT molecular complexity index is 594. The molecule has 1 aliphatic carbocycles. The fourth-order valence-corrected chi connectivity index (χ4v) is 2.95. The Morgan fingerprint density at radius 2 is 2.21 bits per heavy atom. The van der Waals surface area contributed by atoms with Crippen molar-refractivity contribution in [1.29, 1.82) is 0 Å². The summed E-state index contributed by atoms with van der Waals surface area (Å²) in [6, 6.07) is 5.90. The van der Waals surface area contributed by atoms with E-state index in [1.165, 1.54) is 6.42 Å². The Kier molecular flexibility index (Phi) is 3.14. The van der Waals surface area contributed by atoms with Gasteiger partial charge in [-0.1, -0.05) is 24.6 Å². The summed E-state index contributed by atoms with van der Waals surface area (Å²) in [5.74, 6) is 1.43. The second kappa shape index (κ2) is 4.81. The molecule has 100 valence electrons. The van der Waals surface area contributed by atoms with Crippen LogP contribution in [0.25, 0.3) is 11.4 Å². The number of nitrogens with two attached hydrogens (primary N) is 1. The van der Waals surface area contributed by atoms with E-state index in [-0.39, 0.29) is 0 Å². The van der Waals surface area contributed by atoms with Gasteiger partial charge in [0.05, 0.1) is 16.8 Å². The van der Waals surface area contributed by atoms with Crippen LogP contribution < -0.4 is 5.73 Å². The van der Waals surface area contributed by atoms with E-state index < -0.39 is 0 Å². The van der Waals surface area contributed by atoms with Crippen LogP contribution in [0.1, 0.15) is 32.2 Å². The van der Waals surface area contributed by atoms with Gasteiger partial charge < -0.3 is 5.73 Å². The minimum atomic E-state index is 0.359. The smallest absolute Gasteiger partial charge is 0.183 e. The summed E-state index contributed by atoms with van der Waals surface area (Å²) in [5.41, 5.74) is 7.19. The third-order valence-electron chi connectivity index (χ3n) is 3.78. The van der Waals surface area contributed by atoms with Crippen LogP contribution in [0.4, 0.5) is 5.69 Å². The SMILES string of the molecule is CC1CCC(n2nnnc2-c2cccc(N)c2Cl)C1. The third kappa shape index (κ3) is 2.18. The zero-order valence-electron chi connectivity index (χ0n) is 10.8. The highest BCUT2D eigenvalue weighted by Crippen LogP contribution is 2.37. The van der Waals surface area contributed by atoms with Crippen LogP contribution in [0.15, 0.2) is 18.2 Å². The molecule has 1 aromatic heterocycles. The number of hydrogen-bond donors (Lipinski definition) is 1. The molecular weight excluding hydrogens is 262 g/mol. The monoisotopic (exact) mass is 277 g/mol. The van der Waals surface area contributed by atoms with E-state index in [9.17, 15) is 0 Å². The summed E-state index contributed by atoms with van der Waals surface area (Å²) >= 11 is 6.26. The molecule has 2 N–H and O–H groups in total. The van der Waals surface area contributed by atoms with Crippen molar-refractivity contribution in [3.8, 4) is 11.4 Å². The Morgan fingerprint density at radius 3 is 2.95 bits per heavy atom. The molecule has 0 bridgehead atoms. The molecular formula is C13H16ClN5. The van der Waals surface area contributed by atoms with Gasteiger partial charge in [-0.05, 0) is 47.7 Å². The van der Waals surface area contributed by atoms with Crippen molar-refractivity contribution >= 4 is 17.3 Å². The first-order valence-electron chi connectivity index (χ1n) is 6.49. The molecule has 6 heteroatoms. The standard InChI is InChI=1S/C13H16ClN5/c1-8-5-6-9(7-8)19-13(16-17-18-19)10-3-2-4-11(15)12(10)14/h2-4,8-9H,5-7,15H2,1H3. The average Bonchev–Trinajstić information content (AvgIpc) is 3.01. The van der Waals surface area contributed by atoms with E-state index in [2.05, 4.69) is 22.4 Å². The van der Waals surface area contributed by atoms with Crippen molar-refractivity contribution < 1.29 is 0 Å². The van der Waals surface area contributed by atoms with Crippen LogP contribution >= 0.6 is 11.6 Å². The van der Waals surface area contributed by atoms with Crippen molar-refractivity contribution in [2.75, 3.05) is 5.73 Å². The van der Waals surface area contributed by atoms with E-state index in [4.69, 9.17) is 17.3 Å². The quantitative estimate of drug-likeness (QED) is 0.857. The highest BCUT2D eigenvalue weighted by Gasteiger charge is 2.27. The van der Waals surface area contributed by atoms with E-state index in [0.717, 1.165) is 24.3 Å². The van der Waals surface area contributed by atoms with Gasteiger partial charge in [-0.15, -0.1) is 5.10 Å². The van der Waals surface area contributed by atoms with E-state index >= 15 is 0 Å². The van der Waals surface area contributed by atoms with Gasteiger partial charge in [-0.2, -0.15) is 0 Å². The van der Waals surface area contributed by atoms with Crippen LogP contribution in [0, 0.1) is 5.92 Å². The molecule has 2 unspecified atom stereocenters. The molecule has 0 radical (unpaired) electrons. The number of aromatic nitrogens is 4. The predicted molar refractivity (Wildman–Crippen MR) is 74.7 cm³/mol. The first-order chi connectivity index (χ1) is 9.16. The fourth-order valence-electron chi connectivity index (χ4n) is 2.74. The minimum absolute atomic E-state index is 0.359. The van der Waals surface area contributed by atoms with E-state index in [0.29, 0.717) is 22.6 Å². The number of hydrogen-bond acceptors (Lipinski definition) is 4. The molecule has 2 atom stereocenters. The molecule has 0 amide bonds. The minimum Gasteiger partial charge on any atom is -0.398 e. The molecule has 3 rings (SSSR count). The number of nitrogen functional groups attached to an aromatic ring is 1. The van der Waals surface area contributed by atoms with Crippen molar-refractivity contribution in [3.63, 3.8) is 0 Å².